The fourth-order valence-corrected chi connectivity index (χ4v) is 2.72. The highest BCUT2D eigenvalue weighted by Crippen LogP contribution is 2.11. The van der Waals surface area contributed by atoms with E-state index in [1.807, 2.05) is 11.9 Å². The molecule has 26 heavy (non-hydrogen) atoms. The van der Waals surface area contributed by atoms with Crippen LogP contribution in [0, 0.1) is 5.82 Å². The molecule has 0 radical (unpaired) electrons. The van der Waals surface area contributed by atoms with E-state index in [4.69, 9.17) is 0 Å². The van der Waals surface area contributed by atoms with Crippen LogP contribution in [0.2, 0.25) is 0 Å². The van der Waals surface area contributed by atoms with E-state index in [-0.39, 0.29) is 29.8 Å². The van der Waals surface area contributed by atoms with Gasteiger partial charge in [0.25, 0.3) is 0 Å². The maximum atomic E-state index is 13.0. The summed E-state index contributed by atoms with van der Waals surface area (Å²) in [5.41, 5.74) is 3.60. The van der Waals surface area contributed by atoms with Gasteiger partial charge in [-0.15, -0.1) is 24.0 Å². The lowest BCUT2D eigenvalue weighted by atomic mass is 10.1. The minimum Gasteiger partial charge on any atom is -0.352 e. The molecular formula is C20H28FIN4. The molecule has 6 heteroatoms. The molecule has 2 aromatic rings. The molecule has 0 aromatic heterocycles. The van der Waals surface area contributed by atoms with Crippen molar-refractivity contribution in [1.29, 1.82) is 0 Å². The zero-order valence-corrected chi connectivity index (χ0v) is 18.2. The minimum atomic E-state index is -0.216. The summed E-state index contributed by atoms with van der Waals surface area (Å²) in [6.45, 7) is 2.28. The average Bonchev–Trinajstić information content (AvgIpc) is 2.58. The average molecular weight is 470 g/mol. The van der Waals surface area contributed by atoms with Crippen molar-refractivity contribution in [2.45, 2.75) is 19.6 Å². The fourth-order valence-electron chi connectivity index (χ4n) is 2.72. The molecule has 142 valence electrons. The first-order valence-electron chi connectivity index (χ1n) is 8.37. The van der Waals surface area contributed by atoms with Crippen molar-refractivity contribution in [3.8, 4) is 0 Å². The number of nitrogens with one attached hydrogen (secondary N) is 1. The molecule has 1 N–H and O–H groups in total. The summed E-state index contributed by atoms with van der Waals surface area (Å²) in [6, 6.07) is 15.0. The maximum absolute atomic E-state index is 13.0. The van der Waals surface area contributed by atoms with Gasteiger partial charge in [-0.2, -0.15) is 0 Å². The van der Waals surface area contributed by atoms with Gasteiger partial charge in [-0.1, -0.05) is 36.4 Å². The van der Waals surface area contributed by atoms with Crippen LogP contribution >= 0.6 is 24.0 Å². The normalized spacial score (nSPS) is 11.2. The van der Waals surface area contributed by atoms with Crippen LogP contribution in [-0.4, -0.2) is 44.0 Å². The van der Waals surface area contributed by atoms with Crippen molar-refractivity contribution in [1.82, 2.24) is 15.1 Å². The van der Waals surface area contributed by atoms with Crippen LogP contribution in [-0.2, 0) is 19.6 Å². The van der Waals surface area contributed by atoms with Gasteiger partial charge in [-0.25, -0.2) is 4.39 Å². The van der Waals surface area contributed by atoms with Gasteiger partial charge in [0.2, 0.25) is 0 Å². The number of guanidine groups is 1. The second kappa shape index (κ2) is 11.1. The van der Waals surface area contributed by atoms with Gasteiger partial charge in [0.05, 0.1) is 0 Å². The highest BCUT2D eigenvalue weighted by atomic mass is 127. The van der Waals surface area contributed by atoms with Crippen molar-refractivity contribution in [2.75, 3.05) is 28.2 Å². The number of halogens is 2. The Balaban J connectivity index is 0.00000338. The van der Waals surface area contributed by atoms with Crippen molar-refractivity contribution in [3.05, 3.63) is 71.0 Å². The van der Waals surface area contributed by atoms with Crippen LogP contribution in [0.5, 0.6) is 0 Å². The van der Waals surface area contributed by atoms with Gasteiger partial charge in [0, 0.05) is 33.7 Å². The molecule has 0 bridgehead atoms. The van der Waals surface area contributed by atoms with E-state index in [2.05, 4.69) is 53.6 Å². The summed E-state index contributed by atoms with van der Waals surface area (Å²) in [4.78, 5) is 8.54. The van der Waals surface area contributed by atoms with E-state index in [0.717, 1.165) is 18.1 Å². The highest BCUT2D eigenvalue weighted by Gasteiger charge is 2.09. The van der Waals surface area contributed by atoms with E-state index in [1.54, 1.807) is 19.2 Å². The van der Waals surface area contributed by atoms with Crippen molar-refractivity contribution in [3.63, 3.8) is 0 Å². The number of rotatable bonds is 6. The Morgan fingerprint density at radius 2 is 1.58 bits per heavy atom. The first kappa shape index (κ1) is 22.4. The van der Waals surface area contributed by atoms with Crippen LogP contribution in [0.4, 0.5) is 4.39 Å². The number of hydrogen-bond donors (Lipinski definition) is 1. The van der Waals surface area contributed by atoms with Gasteiger partial charge in [0.15, 0.2) is 5.96 Å². The molecule has 4 nitrogen and oxygen atoms in total. The van der Waals surface area contributed by atoms with Gasteiger partial charge < -0.3 is 15.1 Å². The molecule has 0 saturated heterocycles. The third-order valence-electron chi connectivity index (χ3n) is 3.95. The zero-order valence-electron chi connectivity index (χ0n) is 15.9. The SMILES string of the molecule is CN=C(NCc1ccccc1CN(C)C)N(C)Cc1ccc(F)cc1.I. The molecule has 0 saturated carbocycles. The van der Waals surface area contributed by atoms with E-state index in [9.17, 15) is 4.39 Å². The Hall–Kier alpha value is -1.67. The van der Waals surface area contributed by atoms with Gasteiger partial charge in [-0.3, -0.25) is 4.99 Å². The molecule has 0 aliphatic carbocycles. The first-order chi connectivity index (χ1) is 12.0. The molecular weight excluding hydrogens is 442 g/mol. The summed E-state index contributed by atoms with van der Waals surface area (Å²) in [5, 5.41) is 3.41. The summed E-state index contributed by atoms with van der Waals surface area (Å²) >= 11 is 0. The molecule has 2 rings (SSSR count). The predicted molar refractivity (Wildman–Crippen MR) is 117 cm³/mol. The molecule has 0 fully saturated rings. The van der Waals surface area contributed by atoms with E-state index < -0.39 is 0 Å². The first-order valence-corrected chi connectivity index (χ1v) is 8.37. The minimum absolute atomic E-state index is 0. The predicted octanol–water partition coefficient (Wildman–Crippen LogP) is 3.71. The molecule has 0 aliphatic heterocycles. The van der Waals surface area contributed by atoms with Crippen LogP contribution in [0.25, 0.3) is 0 Å². The lowest BCUT2D eigenvalue weighted by Gasteiger charge is -2.23. The number of hydrogen-bond acceptors (Lipinski definition) is 2. The second-order valence-electron chi connectivity index (χ2n) is 6.39. The summed E-state index contributed by atoms with van der Waals surface area (Å²) in [6.07, 6.45) is 0. The Morgan fingerprint density at radius 1 is 0.962 bits per heavy atom. The second-order valence-corrected chi connectivity index (χ2v) is 6.39. The Kier molecular flexibility index (Phi) is 9.58. The van der Waals surface area contributed by atoms with E-state index in [0.29, 0.717) is 13.1 Å². The topological polar surface area (TPSA) is 30.9 Å². The monoisotopic (exact) mass is 470 g/mol. The molecule has 0 amide bonds. The molecule has 0 spiro atoms. The number of nitrogens with zero attached hydrogens (tertiary/aromatic N) is 3. The van der Waals surface area contributed by atoms with Crippen LogP contribution < -0.4 is 5.32 Å². The van der Waals surface area contributed by atoms with Gasteiger partial charge >= 0.3 is 0 Å². The summed E-state index contributed by atoms with van der Waals surface area (Å²) < 4.78 is 13.0. The number of aliphatic imine (C=N–C) groups is 1. The third kappa shape index (κ3) is 6.92. The Labute approximate surface area is 173 Å². The fraction of sp³-hybridized carbons (Fsp3) is 0.350. The van der Waals surface area contributed by atoms with Crippen molar-refractivity contribution in [2.24, 2.45) is 4.99 Å². The highest BCUT2D eigenvalue weighted by molar-refractivity contribution is 14.0. The molecule has 0 heterocycles. The summed E-state index contributed by atoms with van der Waals surface area (Å²) in [5.74, 6) is 0.593. The maximum Gasteiger partial charge on any atom is 0.193 e. The molecule has 2 aromatic carbocycles. The van der Waals surface area contributed by atoms with Gasteiger partial charge in [0.1, 0.15) is 5.82 Å². The van der Waals surface area contributed by atoms with Crippen LogP contribution in [0.1, 0.15) is 16.7 Å². The zero-order chi connectivity index (χ0) is 18.2. The summed E-state index contributed by atoms with van der Waals surface area (Å²) in [7, 11) is 7.89. The smallest absolute Gasteiger partial charge is 0.193 e. The lowest BCUT2D eigenvalue weighted by molar-refractivity contribution is 0.400. The van der Waals surface area contributed by atoms with Crippen molar-refractivity contribution >= 4 is 29.9 Å². The van der Waals surface area contributed by atoms with Gasteiger partial charge in [-0.05, 0) is 42.9 Å². The van der Waals surface area contributed by atoms with Crippen molar-refractivity contribution < 1.29 is 4.39 Å². The third-order valence-corrected chi connectivity index (χ3v) is 3.95. The quantitative estimate of drug-likeness (QED) is 0.397. The molecule has 0 unspecified atom stereocenters. The largest absolute Gasteiger partial charge is 0.352 e. The molecule has 0 atom stereocenters. The van der Waals surface area contributed by atoms with Crippen LogP contribution in [0.3, 0.4) is 0 Å². The standard InChI is InChI=1S/C20H27FN4.HI/c1-22-20(25(4)14-16-9-11-19(21)12-10-16)23-13-17-7-5-6-8-18(17)15-24(2)3;/h5-12H,13-15H2,1-4H3,(H,22,23);1H. The van der Waals surface area contributed by atoms with Crippen LogP contribution in [0.15, 0.2) is 53.5 Å². The number of benzene rings is 2. The Morgan fingerprint density at radius 3 is 2.15 bits per heavy atom. The Bertz CT molecular complexity index is 701. The van der Waals surface area contributed by atoms with E-state index >= 15 is 0 Å². The molecule has 0 aliphatic rings. The lowest BCUT2D eigenvalue weighted by Crippen LogP contribution is -2.38. The van der Waals surface area contributed by atoms with E-state index in [1.165, 1.54) is 23.3 Å².